The Morgan fingerprint density at radius 2 is 1.87 bits per heavy atom. The molecule has 2 rings (SSSR count). The second kappa shape index (κ2) is 3.26. The molecule has 0 bridgehead atoms. The summed E-state index contributed by atoms with van der Waals surface area (Å²) in [5, 5.41) is 0.564. The van der Waals surface area contributed by atoms with E-state index in [4.69, 9.17) is 0 Å². The van der Waals surface area contributed by atoms with Crippen molar-refractivity contribution in [1.29, 1.82) is 0 Å². The second-order valence-corrected chi connectivity index (χ2v) is 3.45. The Labute approximate surface area is 85.0 Å². The highest BCUT2D eigenvalue weighted by Gasteiger charge is 2.28. The maximum atomic E-state index is 12.7. The third-order valence-electron chi connectivity index (χ3n) is 2.37. The Hall–Kier alpha value is -1.52. The zero-order valence-corrected chi connectivity index (χ0v) is 8.05. The van der Waals surface area contributed by atoms with Crippen molar-refractivity contribution >= 4 is 23.3 Å². The Bertz CT molecular complexity index is 507. The molecule has 0 amide bonds. The molecule has 0 atom stereocenters. The number of aryl methyl sites for hydroxylation is 1. The normalized spacial score (nSPS) is 12.0. The molecular weight excluding hydrogens is 202 g/mol. The van der Waals surface area contributed by atoms with Gasteiger partial charge in [0.05, 0.1) is 0 Å². The first-order chi connectivity index (χ1) is 7.00. The summed E-state index contributed by atoms with van der Waals surface area (Å²) in [5.41, 5.74) is 0.239. The summed E-state index contributed by atoms with van der Waals surface area (Å²) in [7, 11) is 0. The van der Waals surface area contributed by atoms with Crippen molar-refractivity contribution in [2.24, 2.45) is 0 Å². The highest BCUT2D eigenvalue weighted by Crippen LogP contribution is 2.18. The van der Waals surface area contributed by atoms with Crippen LogP contribution >= 0.6 is 0 Å². The van der Waals surface area contributed by atoms with Crippen LogP contribution in [-0.4, -0.2) is 12.0 Å². The molecule has 0 aliphatic rings. The summed E-state index contributed by atoms with van der Waals surface area (Å²) >= 11 is 0. The lowest BCUT2D eigenvalue weighted by atomic mass is 9.78. The molecule has 0 fully saturated rings. The number of hydrogen-bond acceptors (Lipinski definition) is 1. The van der Waals surface area contributed by atoms with E-state index in [-0.39, 0.29) is 5.52 Å². The van der Waals surface area contributed by atoms with Gasteiger partial charge >= 0.3 is 6.98 Å². The predicted octanol–water partition coefficient (Wildman–Crippen LogP) is 2.60. The fourth-order valence-corrected chi connectivity index (χ4v) is 1.60. The molecule has 1 nitrogen and oxygen atoms in total. The van der Waals surface area contributed by atoms with E-state index in [1.807, 2.05) is 0 Å². The number of hydrogen-bond donors (Lipinski definition) is 0. The van der Waals surface area contributed by atoms with Crippen molar-refractivity contribution < 1.29 is 12.9 Å². The van der Waals surface area contributed by atoms with Crippen molar-refractivity contribution in [1.82, 2.24) is 4.98 Å². The number of aromatic nitrogens is 1. The first-order valence-corrected chi connectivity index (χ1v) is 4.54. The largest absolute Gasteiger partial charge is 0.511 e. The van der Waals surface area contributed by atoms with Gasteiger partial charge in [0.25, 0.3) is 0 Å². The highest BCUT2D eigenvalue weighted by atomic mass is 19.4. The molecule has 0 saturated carbocycles. The smallest absolute Gasteiger partial charge is 0.445 e. The van der Waals surface area contributed by atoms with Crippen LogP contribution in [0.3, 0.4) is 0 Å². The monoisotopic (exact) mass is 210 g/mol. The van der Waals surface area contributed by atoms with E-state index in [9.17, 15) is 12.9 Å². The summed E-state index contributed by atoms with van der Waals surface area (Å²) in [5.74, 6) is 0. The fraction of sp³-hybridized carbons (Fsp3) is 0.100. The first-order valence-electron chi connectivity index (χ1n) is 4.54. The van der Waals surface area contributed by atoms with Gasteiger partial charge in [0.15, 0.2) is 0 Å². The number of halogens is 3. The minimum atomic E-state index is -4.99. The molecule has 5 heteroatoms. The van der Waals surface area contributed by atoms with Gasteiger partial charge in [-0.05, 0) is 18.6 Å². The molecule has 2 aromatic rings. The molecule has 0 radical (unpaired) electrons. The van der Waals surface area contributed by atoms with Crippen molar-refractivity contribution in [3.63, 3.8) is 0 Å². The summed E-state index contributed by atoms with van der Waals surface area (Å²) in [6.45, 7) is -3.22. The van der Waals surface area contributed by atoms with Crippen molar-refractivity contribution in [2.75, 3.05) is 0 Å². The van der Waals surface area contributed by atoms with Gasteiger partial charge in [-0.1, -0.05) is 23.7 Å². The topological polar surface area (TPSA) is 12.9 Å². The van der Waals surface area contributed by atoms with Crippen LogP contribution in [0.15, 0.2) is 30.5 Å². The van der Waals surface area contributed by atoms with Crippen LogP contribution in [0, 0.1) is 6.92 Å². The van der Waals surface area contributed by atoms with E-state index in [2.05, 4.69) is 4.98 Å². The van der Waals surface area contributed by atoms with Crippen LogP contribution in [0.4, 0.5) is 12.9 Å². The van der Waals surface area contributed by atoms with Gasteiger partial charge in [0, 0.05) is 17.1 Å². The van der Waals surface area contributed by atoms with E-state index in [0.29, 0.717) is 5.39 Å². The third kappa shape index (κ3) is 1.69. The van der Waals surface area contributed by atoms with Gasteiger partial charge in [0.1, 0.15) is 0 Å². The quantitative estimate of drug-likeness (QED) is 0.659. The Morgan fingerprint density at radius 1 is 1.13 bits per heavy atom. The Balaban J connectivity index is 2.83. The molecule has 0 aliphatic heterocycles. The minimum absolute atomic E-state index is 0.0463. The molecule has 0 spiro atoms. The molecule has 0 saturated heterocycles. The van der Waals surface area contributed by atoms with Crippen molar-refractivity contribution in [3.05, 3.63) is 36.0 Å². The summed E-state index contributed by atoms with van der Waals surface area (Å²) in [6, 6.07) is 5.86. The van der Waals surface area contributed by atoms with E-state index < -0.39 is 12.4 Å². The lowest BCUT2D eigenvalue weighted by Gasteiger charge is -2.17. The van der Waals surface area contributed by atoms with Crippen LogP contribution < -0.4 is 5.46 Å². The van der Waals surface area contributed by atoms with Gasteiger partial charge in [0.2, 0.25) is 0 Å². The van der Waals surface area contributed by atoms with Crippen LogP contribution in [0.1, 0.15) is 5.56 Å². The maximum absolute atomic E-state index is 12.7. The van der Waals surface area contributed by atoms with Gasteiger partial charge in [-0.2, -0.15) is 0 Å². The predicted molar refractivity (Wildman–Crippen MR) is 55.2 cm³/mol. The first kappa shape index (κ1) is 10.0. The third-order valence-corrected chi connectivity index (χ3v) is 2.37. The average molecular weight is 210 g/mol. The molecule has 15 heavy (non-hydrogen) atoms. The summed E-state index contributed by atoms with van der Waals surface area (Å²) in [6.07, 6.45) is 1.41. The van der Waals surface area contributed by atoms with Gasteiger partial charge in [-0.15, -0.1) is 0 Å². The van der Waals surface area contributed by atoms with Gasteiger partial charge < -0.3 is 12.9 Å². The number of pyridine rings is 1. The van der Waals surface area contributed by atoms with Crippen LogP contribution in [0.2, 0.25) is 0 Å². The summed E-state index contributed by atoms with van der Waals surface area (Å²) in [4.78, 5) is 3.80. The molecule has 1 aromatic carbocycles. The summed E-state index contributed by atoms with van der Waals surface area (Å²) < 4.78 is 38.0. The standard InChI is InChI=1S/C10H8BF3N/c1-7-5-6-15-10-8(7)3-2-4-9(10)11(12,13)14/h2-6H,1H3/q-1. The van der Waals surface area contributed by atoms with E-state index in [1.54, 1.807) is 19.1 Å². The maximum Gasteiger partial charge on any atom is 0.511 e. The number of para-hydroxylation sites is 1. The van der Waals surface area contributed by atoms with Crippen LogP contribution in [0.5, 0.6) is 0 Å². The molecule has 0 N–H and O–H groups in total. The highest BCUT2D eigenvalue weighted by molar-refractivity contribution is 6.75. The lowest BCUT2D eigenvalue weighted by Crippen LogP contribution is -2.35. The van der Waals surface area contributed by atoms with Crippen molar-refractivity contribution in [2.45, 2.75) is 6.92 Å². The number of rotatable bonds is 1. The molecular formula is C10H8BF3N-. The van der Waals surface area contributed by atoms with Gasteiger partial charge in [-0.3, -0.25) is 4.98 Å². The molecule has 78 valence electrons. The number of fused-ring (bicyclic) bond motifs is 1. The zero-order valence-electron chi connectivity index (χ0n) is 8.05. The molecule has 1 heterocycles. The van der Waals surface area contributed by atoms with E-state index in [0.717, 1.165) is 11.6 Å². The molecule has 0 aliphatic carbocycles. The molecule has 1 aromatic heterocycles. The zero-order chi connectivity index (χ0) is 11.1. The lowest BCUT2D eigenvalue weighted by molar-refractivity contribution is 0.501. The van der Waals surface area contributed by atoms with Crippen LogP contribution in [0.25, 0.3) is 10.9 Å². The average Bonchev–Trinajstić information content (AvgIpc) is 2.16. The van der Waals surface area contributed by atoms with Gasteiger partial charge in [-0.25, -0.2) is 0 Å². The minimum Gasteiger partial charge on any atom is -0.445 e. The number of benzene rings is 1. The Morgan fingerprint density at radius 3 is 2.53 bits per heavy atom. The van der Waals surface area contributed by atoms with Crippen LogP contribution in [-0.2, 0) is 0 Å². The van der Waals surface area contributed by atoms with Crippen molar-refractivity contribution in [3.8, 4) is 0 Å². The fourth-order valence-electron chi connectivity index (χ4n) is 1.60. The SMILES string of the molecule is Cc1ccnc2c([B-](F)(F)F)cccc12. The van der Waals surface area contributed by atoms with E-state index in [1.165, 1.54) is 12.3 Å². The molecule has 0 unspecified atom stereocenters. The van der Waals surface area contributed by atoms with E-state index >= 15 is 0 Å². The Kier molecular flexibility index (Phi) is 2.18. The number of nitrogens with zero attached hydrogens (tertiary/aromatic N) is 1. The second-order valence-electron chi connectivity index (χ2n) is 3.45.